The van der Waals surface area contributed by atoms with E-state index in [4.69, 9.17) is 4.42 Å². The van der Waals surface area contributed by atoms with Gasteiger partial charge in [0.15, 0.2) is 0 Å². The number of urea groups is 1. The van der Waals surface area contributed by atoms with E-state index >= 15 is 0 Å². The van der Waals surface area contributed by atoms with Crippen molar-refractivity contribution in [3.63, 3.8) is 0 Å². The van der Waals surface area contributed by atoms with E-state index in [0.29, 0.717) is 18.7 Å². The van der Waals surface area contributed by atoms with Crippen LogP contribution < -0.4 is 10.6 Å². The molecule has 3 rings (SSSR count). The van der Waals surface area contributed by atoms with Gasteiger partial charge in [-0.05, 0) is 32.4 Å². The van der Waals surface area contributed by atoms with Crippen molar-refractivity contribution >= 4 is 6.03 Å². The molecule has 1 aliphatic heterocycles. The number of aryl methyl sites for hydroxylation is 2. The molecule has 0 aromatic carbocycles. The van der Waals surface area contributed by atoms with Gasteiger partial charge >= 0.3 is 6.03 Å². The highest BCUT2D eigenvalue weighted by Gasteiger charge is 2.27. The second kappa shape index (κ2) is 6.64. The van der Waals surface area contributed by atoms with Gasteiger partial charge in [-0.3, -0.25) is 0 Å². The Bertz CT molecular complexity index is 719. The predicted octanol–water partition coefficient (Wildman–Crippen LogP) is 0.875. The molecular weight excluding hydrogens is 310 g/mol. The normalized spacial score (nSPS) is 15.8. The topological polar surface area (TPSA) is 105 Å². The lowest BCUT2D eigenvalue weighted by Gasteiger charge is -2.21. The summed E-state index contributed by atoms with van der Waals surface area (Å²) in [7, 11) is 0. The van der Waals surface area contributed by atoms with Crippen molar-refractivity contribution in [1.82, 2.24) is 25.4 Å². The molecule has 1 aliphatic rings. The summed E-state index contributed by atoms with van der Waals surface area (Å²) in [5.74, 6) is 3.08. The highest BCUT2D eigenvalue weighted by molar-refractivity contribution is 5.73. The zero-order valence-electron chi connectivity index (χ0n) is 14.0. The van der Waals surface area contributed by atoms with Crippen LogP contribution in [0.15, 0.2) is 16.5 Å². The maximum absolute atomic E-state index is 11.9. The van der Waals surface area contributed by atoms with Crippen molar-refractivity contribution in [3.8, 4) is 0 Å². The average molecular weight is 333 g/mol. The Morgan fingerprint density at radius 1 is 1.42 bits per heavy atom. The Morgan fingerprint density at radius 2 is 2.25 bits per heavy atom. The van der Waals surface area contributed by atoms with Crippen LogP contribution in [-0.4, -0.2) is 39.0 Å². The van der Waals surface area contributed by atoms with E-state index in [9.17, 15) is 9.90 Å². The van der Waals surface area contributed by atoms with E-state index in [1.165, 1.54) is 0 Å². The monoisotopic (exact) mass is 333 g/mol. The fourth-order valence-electron chi connectivity index (χ4n) is 2.81. The van der Waals surface area contributed by atoms with Gasteiger partial charge in [-0.2, -0.15) is 0 Å². The van der Waals surface area contributed by atoms with Crippen LogP contribution in [0.2, 0.25) is 0 Å². The number of rotatable bonds is 6. The fourth-order valence-corrected chi connectivity index (χ4v) is 2.81. The number of carbonyl (C=O) groups excluding carboxylic acids is 1. The van der Waals surface area contributed by atoms with Crippen molar-refractivity contribution < 1.29 is 14.3 Å². The SMILES string of the molecule is Cc1ccc(C(C)(O)CNC(=O)NCCc2nnc3n2CCC3)o1. The summed E-state index contributed by atoms with van der Waals surface area (Å²) in [5.41, 5.74) is -1.25. The van der Waals surface area contributed by atoms with E-state index in [1.807, 2.05) is 0 Å². The lowest BCUT2D eigenvalue weighted by atomic mass is 10.0. The van der Waals surface area contributed by atoms with Gasteiger partial charge in [-0.1, -0.05) is 0 Å². The lowest BCUT2D eigenvalue weighted by molar-refractivity contribution is 0.0360. The molecule has 8 heteroatoms. The number of aliphatic hydroxyl groups is 1. The van der Waals surface area contributed by atoms with Gasteiger partial charge in [-0.15, -0.1) is 10.2 Å². The second-order valence-electron chi connectivity index (χ2n) is 6.33. The van der Waals surface area contributed by atoms with Crippen molar-refractivity contribution in [1.29, 1.82) is 0 Å². The maximum atomic E-state index is 11.9. The quantitative estimate of drug-likeness (QED) is 0.728. The average Bonchev–Trinajstić information content (AvgIpc) is 3.23. The molecule has 0 spiro atoms. The minimum atomic E-state index is -1.25. The van der Waals surface area contributed by atoms with Crippen LogP contribution in [0.3, 0.4) is 0 Å². The smallest absolute Gasteiger partial charge is 0.314 e. The Hall–Kier alpha value is -2.35. The molecule has 2 amide bonds. The van der Waals surface area contributed by atoms with Gasteiger partial charge < -0.3 is 24.7 Å². The number of aromatic nitrogens is 3. The standard InChI is InChI=1S/C16H23N5O3/c1-11-5-6-12(24-11)16(2,23)10-18-15(22)17-8-7-14-20-19-13-4-3-9-21(13)14/h5-6,23H,3-4,7-10H2,1-2H3,(H2,17,18,22). The van der Waals surface area contributed by atoms with Gasteiger partial charge in [0.2, 0.25) is 0 Å². The van der Waals surface area contributed by atoms with Crippen LogP contribution in [0.25, 0.3) is 0 Å². The summed E-state index contributed by atoms with van der Waals surface area (Å²) in [5, 5.41) is 24.1. The van der Waals surface area contributed by atoms with Gasteiger partial charge in [-0.25, -0.2) is 4.79 Å². The third-order valence-electron chi connectivity index (χ3n) is 4.18. The number of furan rings is 1. The first-order valence-corrected chi connectivity index (χ1v) is 8.18. The molecular formula is C16H23N5O3. The first kappa shape index (κ1) is 16.5. The van der Waals surface area contributed by atoms with E-state index in [2.05, 4.69) is 25.4 Å². The lowest BCUT2D eigenvalue weighted by Crippen LogP contribution is -2.43. The number of nitrogens with zero attached hydrogens (tertiary/aromatic N) is 3. The maximum Gasteiger partial charge on any atom is 0.314 e. The summed E-state index contributed by atoms with van der Waals surface area (Å²) >= 11 is 0. The van der Waals surface area contributed by atoms with Gasteiger partial charge in [0, 0.05) is 25.9 Å². The Morgan fingerprint density at radius 3 is 3.00 bits per heavy atom. The molecule has 8 nitrogen and oxygen atoms in total. The number of nitrogens with one attached hydrogen (secondary N) is 2. The molecule has 2 aromatic heterocycles. The Labute approximate surface area is 140 Å². The molecule has 0 fully saturated rings. The van der Waals surface area contributed by atoms with Crippen molar-refractivity contribution in [3.05, 3.63) is 35.3 Å². The summed E-state index contributed by atoms with van der Waals surface area (Å²) < 4.78 is 7.53. The van der Waals surface area contributed by atoms with Crippen LogP contribution in [0.4, 0.5) is 4.79 Å². The number of hydrogen-bond acceptors (Lipinski definition) is 5. The molecule has 3 heterocycles. The fraction of sp³-hybridized carbons (Fsp3) is 0.562. The van der Waals surface area contributed by atoms with Crippen molar-refractivity contribution in [2.75, 3.05) is 13.1 Å². The van der Waals surface area contributed by atoms with E-state index in [-0.39, 0.29) is 12.6 Å². The molecule has 2 aromatic rings. The minimum Gasteiger partial charge on any atom is -0.463 e. The van der Waals surface area contributed by atoms with Crippen molar-refractivity contribution in [2.24, 2.45) is 0 Å². The third kappa shape index (κ3) is 3.59. The van der Waals surface area contributed by atoms with Crippen LogP contribution in [0.1, 0.15) is 36.5 Å². The zero-order valence-corrected chi connectivity index (χ0v) is 14.0. The third-order valence-corrected chi connectivity index (χ3v) is 4.18. The highest BCUT2D eigenvalue weighted by atomic mass is 16.4. The molecule has 0 bridgehead atoms. The van der Waals surface area contributed by atoms with Crippen LogP contribution in [0.5, 0.6) is 0 Å². The summed E-state index contributed by atoms with van der Waals surface area (Å²) in [4.78, 5) is 11.9. The molecule has 130 valence electrons. The van der Waals surface area contributed by atoms with Crippen molar-refractivity contribution in [2.45, 2.75) is 45.3 Å². The molecule has 24 heavy (non-hydrogen) atoms. The molecule has 1 unspecified atom stereocenters. The molecule has 1 atom stereocenters. The Balaban J connectivity index is 1.42. The van der Waals surface area contributed by atoms with Crippen LogP contribution >= 0.6 is 0 Å². The minimum absolute atomic E-state index is 0.0616. The second-order valence-corrected chi connectivity index (χ2v) is 6.33. The largest absolute Gasteiger partial charge is 0.463 e. The van der Waals surface area contributed by atoms with Crippen LogP contribution in [-0.2, 0) is 25.0 Å². The highest BCUT2D eigenvalue weighted by Crippen LogP contribution is 2.21. The van der Waals surface area contributed by atoms with Crippen LogP contribution in [0, 0.1) is 6.92 Å². The molecule has 3 N–H and O–H groups in total. The summed E-state index contributed by atoms with van der Waals surface area (Å²) in [6, 6.07) is 3.15. The number of amides is 2. The summed E-state index contributed by atoms with van der Waals surface area (Å²) in [6.45, 7) is 4.89. The number of hydrogen-bond donors (Lipinski definition) is 3. The molecule has 0 saturated carbocycles. The number of fused-ring (bicyclic) bond motifs is 1. The predicted molar refractivity (Wildman–Crippen MR) is 86.5 cm³/mol. The van der Waals surface area contributed by atoms with E-state index in [1.54, 1.807) is 26.0 Å². The summed E-state index contributed by atoms with van der Waals surface area (Å²) in [6.07, 6.45) is 2.71. The molecule has 0 aliphatic carbocycles. The zero-order chi connectivity index (χ0) is 17.2. The molecule has 0 radical (unpaired) electrons. The molecule has 0 saturated heterocycles. The van der Waals surface area contributed by atoms with Gasteiger partial charge in [0.25, 0.3) is 0 Å². The van der Waals surface area contributed by atoms with E-state index in [0.717, 1.165) is 36.8 Å². The first-order chi connectivity index (χ1) is 11.5. The van der Waals surface area contributed by atoms with E-state index < -0.39 is 5.60 Å². The van der Waals surface area contributed by atoms with Gasteiger partial charge in [0.1, 0.15) is 28.8 Å². The Kier molecular flexibility index (Phi) is 4.57. The van der Waals surface area contributed by atoms with Gasteiger partial charge in [0.05, 0.1) is 6.54 Å². The first-order valence-electron chi connectivity index (χ1n) is 8.18. The number of carbonyl (C=O) groups is 1.